The van der Waals surface area contributed by atoms with Crippen molar-refractivity contribution in [3.05, 3.63) is 22.3 Å². The van der Waals surface area contributed by atoms with Gasteiger partial charge in [0, 0.05) is 13.0 Å². The smallest absolute Gasteiger partial charge is 0.358 e. The van der Waals surface area contributed by atoms with Gasteiger partial charge in [-0.25, -0.2) is 4.98 Å². The van der Waals surface area contributed by atoms with Crippen LogP contribution in [0.4, 0.5) is 5.82 Å². The third-order valence-electron chi connectivity index (χ3n) is 2.95. The number of aromatic amines is 1. The van der Waals surface area contributed by atoms with E-state index in [0.717, 1.165) is 38.1 Å². The van der Waals surface area contributed by atoms with E-state index in [2.05, 4.69) is 27.1 Å². The first-order valence-corrected chi connectivity index (χ1v) is 7.76. The number of nitro groups is 1. The molecule has 0 fully saturated rings. The van der Waals surface area contributed by atoms with Crippen LogP contribution in [0.15, 0.2) is 16.5 Å². The number of nitrogens with one attached hydrogen (secondary N) is 1. The molecule has 0 unspecified atom stereocenters. The lowest BCUT2D eigenvalue weighted by Crippen LogP contribution is -2.05. The summed E-state index contributed by atoms with van der Waals surface area (Å²) in [5.74, 6) is 0.663. The molecule has 0 amide bonds. The minimum atomic E-state index is -0.430. The summed E-state index contributed by atoms with van der Waals surface area (Å²) in [6, 6.07) is 0. The van der Waals surface area contributed by atoms with Gasteiger partial charge in [-0.05, 0) is 34.5 Å². The van der Waals surface area contributed by atoms with Gasteiger partial charge in [0.05, 0.1) is 0 Å². The van der Waals surface area contributed by atoms with Crippen LogP contribution in [0.1, 0.15) is 38.9 Å². The highest BCUT2D eigenvalue weighted by molar-refractivity contribution is 7.99. The van der Waals surface area contributed by atoms with Crippen molar-refractivity contribution in [1.29, 1.82) is 0 Å². The Balaban J connectivity index is 2.42. The molecule has 0 radical (unpaired) electrons. The van der Waals surface area contributed by atoms with E-state index in [-0.39, 0.29) is 5.82 Å². The predicted molar refractivity (Wildman–Crippen MR) is 78.3 cm³/mol. The number of rotatable bonds is 8. The van der Waals surface area contributed by atoms with Gasteiger partial charge >= 0.3 is 5.82 Å². The first-order valence-electron chi connectivity index (χ1n) is 6.94. The number of aromatic nitrogens is 5. The normalized spacial score (nSPS) is 11.0. The maximum atomic E-state index is 11.3. The Hall–Kier alpha value is -1.90. The average Bonchev–Trinajstić information content (AvgIpc) is 3.06. The van der Waals surface area contributed by atoms with Crippen molar-refractivity contribution < 1.29 is 4.92 Å². The molecule has 2 aromatic rings. The molecular weight excluding hydrogens is 292 g/mol. The fraction of sp³-hybridized carbons (Fsp3) is 0.583. The second kappa shape index (κ2) is 7.21. The van der Waals surface area contributed by atoms with E-state index in [1.54, 1.807) is 0 Å². The number of aryl methyl sites for hydroxylation is 1. The van der Waals surface area contributed by atoms with E-state index in [1.807, 2.05) is 11.5 Å². The SMILES string of the molecule is CCCCn1c(CCC)nc([N+](=O)[O-])c1Sc1ncn[nH]1. The van der Waals surface area contributed by atoms with Crippen LogP contribution in [0.2, 0.25) is 0 Å². The molecule has 2 aromatic heterocycles. The number of hydrogen-bond acceptors (Lipinski definition) is 6. The predicted octanol–water partition coefficient (Wildman–Crippen LogP) is 2.81. The highest BCUT2D eigenvalue weighted by Gasteiger charge is 2.28. The standard InChI is InChI=1S/C12H18N6O2S/c1-3-5-7-17-9(6-4-2)15-10(18(19)20)11(17)21-12-13-8-14-16-12/h8H,3-7H2,1-2H3,(H,13,14,16). The summed E-state index contributed by atoms with van der Waals surface area (Å²) in [7, 11) is 0. The molecule has 8 nitrogen and oxygen atoms in total. The fourth-order valence-electron chi connectivity index (χ4n) is 1.98. The zero-order chi connectivity index (χ0) is 15.2. The lowest BCUT2D eigenvalue weighted by molar-refractivity contribution is -0.392. The van der Waals surface area contributed by atoms with Gasteiger partial charge in [-0.15, -0.1) is 0 Å². The molecular formula is C12H18N6O2S. The minimum Gasteiger partial charge on any atom is -0.358 e. The van der Waals surface area contributed by atoms with Crippen LogP contribution >= 0.6 is 11.8 Å². The fourth-order valence-corrected chi connectivity index (χ4v) is 2.88. The minimum absolute atomic E-state index is 0.101. The summed E-state index contributed by atoms with van der Waals surface area (Å²) >= 11 is 1.20. The molecule has 0 saturated carbocycles. The van der Waals surface area contributed by atoms with Crippen molar-refractivity contribution in [1.82, 2.24) is 24.7 Å². The number of nitrogens with zero attached hydrogens (tertiary/aromatic N) is 5. The molecule has 0 aliphatic heterocycles. The molecule has 114 valence electrons. The molecule has 0 bridgehead atoms. The summed E-state index contributed by atoms with van der Waals surface area (Å²) in [5, 5.41) is 18.8. The molecule has 0 aliphatic rings. The van der Waals surface area contributed by atoms with E-state index in [9.17, 15) is 10.1 Å². The average molecular weight is 310 g/mol. The van der Waals surface area contributed by atoms with E-state index < -0.39 is 4.92 Å². The maximum Gasteiger partial charge on any atom is 0.396 e. The quantitative estimate of drug-likeness (QED) is 0.594. The Kier molecular flexibility index (Phi) is 5.32. The Morgan fingerprint density at radius 3 is 2.81 bits per heavy atom. The van der Waals surface area contributed by atoms with Gasteiger partial charge in [-0.3, -0.25) is 9.67 Å². The molecule has 9 heteroatoms. The molecule has 0 spiro atoms. The Bertz CT molecular complexity index is 595. The van der Waals surface area contributed by atoms with Gasteiger partial charge in [0.2, 0.25) is 5.82 Å². The third kappa shape index (κ3) is 3.60. The molecule has 21 heavy (non-hydrogen) atoms. The van der Waals surface area contributed by atoms with Crippen LogP contribution in [0, 0.1) is 10.1 Å². The van der Waals surface area contributed by atoms with Gasteiger partial charge in [0.15, 0.2) is 10.2 Å². The molecule has 0 saturated heterocycles. The van der Waals surface area contributed by atoms with Crippen LogP contribution in [0.25, 0.3) is 0 Å². The second-order valence-corrected chi connectivity index (χ2v) is 5.54. The first kappa shape index (κ1) is 15.5. The van der Waals surface area contributed by atoms with E-state index in [4.69, 9.17) is 0 Å². The zero-order valence-electron chi connectivity index (χ0n) is 12.1. The molecule has 0 aliphatic carbocycles. The summed E-state index contributed by atoms with van der Waals surface area (Å²) in [6.45, 7) is 4.85. The lowest BCUT2D eigenvalue weighted by atomic mass is 10.3. The highest BCUT2D eigenvalue weighted by Crippen LogP contribution is 2.34. The Labute approximate surface area is 126 Å². The summed E-state index contributed by atoms with van der Waals surface area (Å²) < 4.78 is 1.94. The van der Waals surface area contributed by atoms with Crippen LogP contribution < -0.4 is 0 Å². The van der Waals surface area contributed by atoms with Crippen molar-refractivity contribution in [2.24, 2.45) is 0 Å². The Morgan fingerprint density at radius 1 is 1.43 bits per heavy atom. The van der Waals surface area contributed by atoms with Crippen molar-refractivity contribution in [3.8, 4) is 0 Å². The largest absolute Gasteiger partial charge is 0.396 e. The van der Waals surface area contributed by atoms with Crippen LogP contribution in [-0.4, -0.2) is 29.7 Å². The van der Waals surface area contributed by atoms with Crippen LogP contribution in [0.3, 0.4) is 0 Å². The van der Waals surface area contributed by atoms with Crippen LogP contribution in [0.5, 0.6) is 0 Å². The second-order valence-electron chi connectivity index (χ2n) is 4.56. The third-order valence-corrected chi connectivity index (χ3v) is 3.94. The molecule has 2 rings (SSSR count). The van der Waals surface area contributed by atoms with Gasteiger partial charge < -0.3 is 10.1 Å². The van der Waals surface area contributed by atoms with Crippen molar-refractivity contribution >= 4 is 17.6 Å². The highest BCUT2D eigenvalue weighted by atomic mass is 32.2. The molecule has 0 atom stereocenters. The summed E-state index contributed by atoms with van der Waals surface area (Å²) in [4.78, 5) is 19.1. The van der Waals surface area contributed by atoms with E-state index in [1.165, 1.54) is 18.1 Å². The monoisotopic (exact) mass is 310 g/mol. The summed E-state index contributed by atoms with van der Waals surface area (Å²) in [5.41, 5.74) is 0. The van der Waals surface area contributed by atoms with Gasteiger partial charge in [0.1, 0.15) is 6.33 Å². The van der Waals surface area contributed by atoms with Gasteiger partial charge in [0.25, 0.3) is 0 Å². The lowest BCUT2D eigenvalue weighted by Gasteiger charge is -2.07. The number of unbranched alkanes of at least 4 members (excludes halogenated alkanes) is 1. The Morgan fingerprint density at radius 2 is 2.24 bits per heavy atom. The zero-order valence-corrected chi connectivity index (χ0v) is 12.9. The number of H-pyrrole nitrogens is 1. The van der Waals surface area contributed by atoms with Gasteiger partial charge in [-0.2, -0.15) is 5.10 Å². The van der Waals surface area contributed by atoms with E-state index in [0.29, 0.717) is 10.2 Å². The molecule has 1 N–H and O–H groups in total. The number of hydrogen-bond donors (Lipinski definition) is 1. The first-order chi connectivity index (χ1) is 10.2. The van der Waals surface area contributed by atoms with Crippen molar-refractivity contribution in [3.63, 3.8) is 0 Å². The van der Waals surface area contributed by atoms with Gasteiger partial charge in [-0.1, -0.05) is 20.3 Å². The number of imidazole rings is 1. The van der Waals surface area contributed by atoms with Crippen molar-refractivity contribution in [2.45, 2.75) is 56.3 Å². The van der Waals surface area contributed by atoms with Crippen LogP contribution in [-0.2, 0) is 13.0 Å². The summed E-state index contributed by atoms with van der Waals surface area (Å²) in [6.07, 6.45) is 4.97. The maximum absolute atomic E-state index is 11.3. The van der Waals surface area contributed by atoms with Crippen molar-refractivity contribution in [2.75, 3.05) is 0 Å². The van der Waals surface area contributed by atoms with E-state index >= 15 is 0 Å². The molecule has 0 aromatic carbocycles. The topological polar surface area (TPSA) is 103 Å². The molecule has 2 heterocycles.